The number of likely N-dealkylation sites (tertiary alicyclic amines) is 2. The fourth-order valence-corrected chi connectivity index (χ4v) is 6.17. The van der Waals surface area contributed by atoms with Crippen LogP contribution in [0.4, 0.5) is 0 Å². The Kier molecular flexibility index (Phi) is 29.9. The molecule has 0 aromatic carbocycles. The number of aromatic nitrogens is 3. The van der Waals surface area contributed by atoms with Crippen LogP contribution in [0.15, 0.2) is 11.3 Å². The van der Waals surface area contributed by atoms with E-state index in [1.165, 1.54) is 25.7 Å². The Balaban J connectivity index is 0.000000458. The number of piperidine rings is 2. The fourth-order valence-electron chi connectivity index (χ4n) is 6.17. The molecule has 0 atom stereocenters. The first kappa shape index (κ1) is 51.5. The van der Waals surface area contributed by atoms with Gasteiger partial charge < -0.3 is 49.4 Å². The highest BCUT2D eigenvalue weighted by Crippen LogP contribution is 2.39. The average molecular weight is 799 g/mol. The number of rotatable bonds is 25. The second kappa shape index (κ2) is 32.5. The lowest BCUT2D eigenvalue weighted by molar-refractivity contribution is -0.140. The van der Waals surface area contributed by atoms with Crippen LogP contribution in [0.2, 0.25) is 0 Å². The first-order valence-electron chi connectivity index (χ1n) is 19.4. The number of ether oxygens (including phenoxy) is 8. The molecule has 4 fully saturated rings. The lowest BCUT2D eigenvalue weighted by Crippen LogP contribution is -2.50. The van der Waals surface area contributed by atoms with Crippen LogP contribution >= 0.6 is 0 Å². The van der Waals surface area contributed by atoms with Crippen molar-refractivity contribution < 1.29 is 37.9 Å². The molecule has 18 heteroatoms. The molecule has 4 aliphatic rings. The second-order valence-corrected chi connectivity index (χ2v) is 13.9. The molecule has 0 bridgehead atoms. The minimum absolute atomic E-state index is 0. The molecule has 1 aromatic rings. The summed E-state index contributed by atoms with van der Waals surface area (Å²) in [6.45, 7) is 18.8. The average Bonchev–Trinajstić information content (AvgIpc) is 3.61. The van der Waals surface area contributed by atoms with Crippen LogP contribution in [0.3, 0.4) is 0 Å². The van der Waals surface area contributed by atoms with Crippen LogP contribution in [-0.4, -0.2) is 183 Å². The molecule has 5 heterocycles. The summed E-state index contributed by atoms with van der Waals surface area (Å²) < 4.78 is 44.1. The summed E-state index contributed by atoms with van der Waals surface area (Å²) in [5.41, 5.74) is 20.6. The van der Waals surface area contributed by atoms with Crippen LogP contribution < -0.4 is 11.5 Å². The maximum atomic E-state index is 7.97. The second-order valence-electron chi connectivity index (χ2n) is 13.9. The number of terminal acetylenes is 1. The zero-order valence-corrected chi connectivity index (χ0v) is 32.4. The van der Waals surface area contributed by atoms with E-state index in [0.717, 1.165) is 71.4 Å². The molecule has 2 spiro atoms. The van der Waals surface area contributed by atoms with Crippen LogP contribution in [0.5, 0.6) is 0 Å². The van der Waals surface area contributed by atoms with Gasteiger partial charge in [-0.25, -0.2) is 4.68 Å². The predicted molar refractivity (Wildman–Crippen MR) is 216 cm³/mol. The molecule has 0 unspecified atom stereocenters. The minimum Gasteiger partial charge on any atom is -0.380 e. The number of nitrogens with zero attached hydrogens (tertiary/aromatic N) is 8. The quantitative estimate of drug-likeness (QED) is 0.0478. The van der Waals surface area contributed by atoms with E-state index < -0.39 is 0 Å². The Bertz CT molecular complexity index is 1160. The zero-order valence-electron chi connectivity index (χ0n) is 32.4. The molecule has 324 valence electrons. The number of hydrogen-bond acceptors (Lipinski definition) is 15. The van der Waals surface area contributed by atoms with Crippen LogP contribution in [-0.2, 0) is 51.0 Å². The van der Waals surface area contributed by atoms with E-state index in [2.05, 4.69) is 36.1 Å². The van der Waals surface area contributed by atoms with Gasteiger partial charge in [-0.1, -0.05) is 31.1 Å². The van der Waals surface area contributed by atoms with Crippen molar-refractivity contribution in [2.75, 3.05) is 158 Å². The smallest absolute Gasteiger partial charge is 0.0967 e. The highest BCUT2D eigenvalue weighted by atomic mass is 16.5. The Morgan fingerprint density at radius 3 is 1.59 bits per heavy atom. The Hall–Kier alpha value is -2.47. The van der Waals surface area contributed by atoms with Gasteiger partial charge in [-0.3, -0.25) is 9.80 Å². The van der Waals surface area contributed by atoms with Crippen LogP contribution in [0, 0.1) is 23.2 Å². The summed E-state index contributed by atoms with van der Waals surface area (Å²) in [5, 5.41) is 11.8. The third kappa shape index (κ3) is 21.9. The van der Waals surface area contributed by atoms with E-state index in [-0.39, 0.29) is 14.9 Å². The van der Waals surface area contributed by atoms with Crippen LogP contribution in [0.25, 0.3) is 10.4 Å². The highest BCUT2D eigenvalue weighted by Gasteiger charge is 2.41. The minimum atomic E-state index is 0. The maximum absolute atomic E-state index is 7.97. The van der Waals surface area contributed by atoms with Gasteiger partial charge in [0.15, 0.2) is 0 Å². The first-order chi connectivity index (χ1) is 26.6. The van der Waals surface area contributed by atoms with Gasteiger partial charge in [-0.2, -0.15) is 0 Å². The van der Waals surface area contributed by atoms with Crippen molar-refractivity contribution in [1.82, 2.24) is 24.8 Å². The largest absolute Gasteiger partial charge is 0.380 e. The molecule has 4 aliphatic heterocycles. The predicted octanol–water partition coefficient (Wildman–Crippen LogP) is 2.21. The normalized spacial score (nSPS) is 18.0. The van der Waals surface area contributed by atoms with Gasteiger partial charge in [0.2, 0.25) is 0 Å². The summed E-state index contributed by atoms with van der Waals surface area (Å²) in [6.07, 6.45) is 12.3. The molecule has 0 saturated carbocycles. The third-order valence-corrected chi connectivity index (χ3v) is 9.63. The molecule has 0 aliphatic carbocycles. The fraction of sp³-hybridized carbons (Fsp3) is 0.895. The molecule has 4 N–H and O–H groups in total. The van der Waals surface area contributed by atoms with E-state index >= 15 is 0 Å². The number of nitrogens with two attached hydrogens (primary N) is 2. The first-order valence-corrected chi connectivity index (χ1v) is 19.4. The number of hydrogen-bond donors (Lipinski definition) is 2. The van der Waals surface area contributed by atoms with Crippen molar-refractivity contribution in [3.8, 4) is 12.3 Å². The molecule has 0 radical (unpaired) electrons. The van der Waals surface area contributed by atoms with Crippen molar-refractivity contribution in [2.24, 2.45) is 27.4 Å². The zero-order chi connectivity index (χ0) is 38.4. The molecule has 0 amide bonds. The highest BCUT2D eigenvalue weighted by molar-refractivity contribution is 4.96. The molecule has 5 rings (SSSR count). The van der Waals surface area contributed by atoms with Crippen molar-refractivity contribution in [3.63, 3.8) is 0 Å². The standard InChI is InChI=1S/C18H33N5O4.C10H15NO.C8H18N4O3.2CH4/c19-3-7-24-9-11-26-12-10-25-8-6-23-14-17(20-21-23)13-22-4-1-18(2-5-22)15-27-16-18;1-2-5-11-6-3-10(4-7-11)8-12-9-10;9-1-3-13-5-7-15-8-6-14-4-2-11-12-10;;/h14H,1-13,15-16,19H2;1H,3-9H2;1-9H2;2*1H4. The van der Waals surface area contributed by atoms with Gasteiger partial charge in [-0.05, 0) is 57.4 Å². The van der Waals surface area contributed by atoms with E-state index in [0.29, 0.717) is 116 Å². The molecular weight excluding hydrogens is 724 g/mol. The summed E-state index contributed by atoms with van der Waals surface area (Å²) >= 11 is 0. The molecule has 18 nitrogen and oxygen atoms in total. The van der Waals surface area contributed by atoms with Gasteiger partial charge in [-0.15, -0.1) is 11.5 Å². The Morgan fingerprint density at radius 1 is 0.714 bits per heavy atom. The van der Waals surface area contributed by atoms with Gasteiger partial charge in [0.05, 0.1) is 124 Å². The molecule has 4 saturated heterocycles. The topological polar surface area (TPSA) is 212 Å². The maximum Gasteiger partial charge on any atom is 0.0967 e. The molecule has 1 aromatic heterocycles. The monoisotopic (exact) mass is 799 g/mol. The number of azide groups is 1. The summed E-state index contributed by atoms with van der Waals surface area (Å²) in [6, 6.07) is 0. The van der Waals surface area contributed by atoms with Crippen molar-refractivity contribution in [2.45, 2.75) is 53.6 Å². The SMILES string of the molecule is C.C.C#CCN1CCC2(CC1)COC2.NCCOCCOCCOCCn1cc(CN2CCC3(CC2)COC3)nn1.[N-]=[N+]=NCCOCCOCCOCCN. The van der Waals surface area contributed by atoms with Crippen molar-refractivity contribution >= 4 is 0 Å². The van der Waals surface area contributed by atoms with Crippen molar-refractivity contribution in [3.05, 3.63) is 22.3 Å². The van der Waals surface area contributed by atoms with E-state index in [1.54, 1.807) is 0 Å². The molecular formula is C38H74N10O8. The van der Waals surface area contributed by atoms with Crippen LogP contribution in [0.1, 0.15) is 46.2 Å². The van der Waals surface area contributed by atoms with Crippen molar-refractivity contribution in [1.29, 1.82) is 0 Å². The van der Waals surface area contributed by atoms with E-state index in [9.17, 15) is 0 Å². The summed E-state index contributed by atoms with van der Waals surface area (Å²) in [7, 11) is 0. The van der Waals surface area contributed by atoms with Gasteiger partial charge >= 0.3 is 0 Å². The summed E-state index contributed by atoms with van der Waals surface area (Å²) in [5.74, 6) is 2.70. The van der Waals surface area contributed by atoms with E-state index in [1.807, 2.05) is 10.9 Å². The lowest BCUT2D eigenvalue weighted by Gasteiger charge is -2.47. The summed E-state index contributed by atoms with van der Waals surface area (Å²) in [4.78, 5) is 7.41. The Labute approximate surface area is 336 Å². The lowest BCUT2D eigenvalue weighted by atomic mass is 9.77. The Morgan fingerprint density at radius 2 is 1.16 bits per heavy atom. The van der Waals surface area contributed by atoms with Gasteiger partial charge in [0.1, 0.15) is 0 Å². The molecule has 56 heavy (non-hydrogen) atoms. The van der Waals surface area contributed by atoms with E-state index in [4.69, 9.17) is 61.3 Å². The third-order valence-electron chi connectivity index (χ3n) is 9.63. The van der Waals surface area contributed by atoms with Gasteiger partial charge in [0.25, 0.3) is 0 Å². The van der Waals surface area contributed by atoms with Gasteiger partial charge in [0, 0.05) is 48.1 Å².